The number of esters is 4. The zero-order chi connectivity index (χ0) is 67.9. The fourth-order valence-electron chi connectivity index (χ4n) is 7.39. The first-order valence-electron chi connectivity index (χ1n) is 27.0. The molecule has 4 aromatic carbocycles. The fourth-order valence-corrected chi connectivity index (χ4v) is 10.0. The second-order valence-electron chi connectivity index (χ2n) is 18.6. The van der Waals surface area contributed by atoms with Crippen LogP contribution in [0.15, 0.2) is 107 Å². The van der Waals surface area contributed by atoms with E-state index in [0.29, 0.717) is 21.2 Å². The van der Waals surface area contributed by atoms with Crippen molar-refractivity contribution in [3.05, 3.63) is 119 Å². The first-order valence-corrected chi connectivity index (χ1v) is 29.9. The van der Waals surface area contributed by atoms with Gasteiger partial charge in [-0.25, -0.2) is 24.4 Å². The van der Waals surface area contributed by atoms with E-state index < -0.39 is 120 Å². The number of nitrogens with two attached hydrogens (primary N) is 4. The van der Waals surface area contributed by atoms with E-state index >= 15 is 0 Å². The van der Waals surface area contributed by atoms with Crippen molar-refractivity contribution in [2.45, 2.75) is 44.2 Å². The molecular weight excluding hydrogens is 1280 g/mol. The monoisotopic (exact) mass is 1340 g/mol. The van der Waals surface area contributed by atoms with Gasteiger partial charge in [0.1, 0.15) is 23.6 Å². The molecule has 0 heterocycles. The maximum absolute atomic E-state index is 13.6. The van der Waals surface area contributed by atoms with Crippen molar-refractivity contribution in [3.63, 3.8) is 0 Å². The number of halogens is 3. The summed E-state index contributed by atoms with van der Waals surface area (Å²) in [6, 6.07) is 18.2. The molecule has 0 amide bonds. The summed E-state index contributed by atoms with van der Waals surface area (Å²) < 4.78 is 144. The molecule has 0 radical (unpaired) electrons. The van der Waals surface area contributed by atoms with Gasteiger partial charge in [-0.2, -0.15) is 48.1 Å². The fraction of sp³-hybridized carbons (Fsp3) is 0.389. The van der Waals surface area contributed by atoms with Gasteiger partial charge in [0.2, 0.25) is 0 Å². The van der Waals surface area contributed by atoms with Gasteiger partial charge in [-0.3, -0.25) is 19.2 Å². The topological polar surface area (TPSA) is 491 Å². The lowest BCUT2D eigenvalue weighted by Gasteiger charge is -2.27. The van der Waals surface area contributed by atoms with Crippen molar-refractivity contribution < 1.29 is 122 Å². The summed E-state index contributed by atoms with van der Waals surface area (Å²) in [7, 11) is -9.57. The molecule has 13 N–H and O–H groups in total. The van der Waals surface area contributed by atoms with Crippen LogP contribution < -0.4 is 41.9 Å². The summed E-state index contributed by atoms with van der Waals surface area (Å²) in [6.45, 7) is -2.83. The Morgan fingerprint density at radius 2 is 0.793 bits per heavy atom. The third kappa shape index (κ3) is 28.2. The lowest BCUT2D eigenvalue weighted by Crippen LogP contribution is -2.52. The van der Waals surface area contributed by atoms with Crippen LogP contribution in [0.3, 0.4) is 0 Å². The minimum atomic E-state index is -5.63. The number of carboxylic acids is 3. The van der Waals surface area contributed by atoms with Gasteiger partial charge in [0.25, 0.3) is 20.4 Å². The summed E-state index contributed by atoms with van der Waals surface area (Å²) >= 11 is 0. The Hall–Kier alpha value is -8.80. The number of hydrogen-bond acceptors (Lipinski definition) is 22. The number of nitrogens with zero attached hydrogens (tertiary/aromatic N) is 4. The number of carbonyl (C=O) groups is 7. The Bertz CT molecular complexity index is 3360. The van der Waals surface area contributed by atoms with Gasteiger partial charge in [-0.05, 0) is 83.9 Å². The molecule has 0 unspecified atom stereocenters. The molecule has 0 bridgehead atoms. The van der Waals surface area contributed by atoms with Crippen LogP contribution in [0.1, 0.15) is 44.7 Å². The quantitative estimate of drug-likeness (QED) is 0.00724. The van der Waals surface area contributed by atoms with Crippen LogP contribution in [0.5, 0.6) is 11.5 Å². The van der Waals surface area contributed by atoms with Crippen molar-refractivity contribution in [2.75, 3.05) is 92.4 Å². The normalized spacial score (nSPS) is 12.4. The lowest BCUT2D eigenvalue weighted by atomic mass is 10.2. The van der Waals surface area contributed by atoms with Crippen LogP contribution in [-0.2, 0) is 90.6 Å². The number of rotatable bonds is 43. The largest absolute Gasteiger partial charge is 0.491 e. The van der Waals surface area contributed by atoms with Gasteiger partial charge in [-0.1, -0.05) is 24.3 Å². The van der Waals surface area contributed by atoms with Crippen molar-refractivity contribution in [2.24, 2.45) is 32.9 Å². The first kappa shape index (κ1) is 75.7. The highest BCUT2D eigenvalue weighted by atomic mass is 32.2. The van der Waals surface area contributed by atoms with Gasteiger partial charge in [-0.15, -0.1) is 0 Å². The maximum atomic E-state index is 13.6. The van der Waals surface area contributed by atoms with Gasteiger partial charge < -0.3 is 80.9 Å². The molecule has 0 aliphatic rings. The van der Waals surface area contributed by atoms with E-state index in [0.717, 1.165) is 0 Å². The summed E-state index contributed by atoms with van der Waals surface area (Å²) in [5, 5.41) is 29.1. The number of guanidine groups is 2. The molecule has 92 heavy (non-hydrogen) atoms. The first-order chi connectivity index (χ1) is 43.5. The smallest absolute Gasteiger partial charge is 0.481 e. The SMILES string of the molecule is NC(N)=Nc1ccc(C(=O)Oc2ccc(CNS(=O)(=O)N(CCOCCOCCOCCOCCOCCOCCN([C@@H](CC(=O)OC(=O)C(F)(F)F)C(=O)O)S(=O)(=O)NCc3ccc(OC(=O)c4ccc(N=C(N)N)cc4)cc3)[C@@H](CC(=O)O)C(=O)O)cc2)cc1. The van der Waals surface area contributed by atoms with Gasteiger partial charge in [0.05, 0.1) is 115 Å². The molecule has 4 aromatic rings. The second-order valence-corrected chi connectivity index (χ2v) is 22.0. The van der Waals surface area contributed by atoms with E-state index in [2.05, 4.69) is 24.2 Å². The number of nitrogens with one attached hydrogen (secondary N) is 2. The summed E-state index contributed by atoms with van der Waals surface area (Å²) in [5.41, 5.74) is 23.1. The highest BCUT2D eigenvalue weighted by Crippen LogP contribution is 2.22. The third-order valence-electron chi connectivity index (χ3n) is 11.7. The zero-order valence-corrected chi connectivity index (χ0v) is 50.3. The highest BCUT2D eigenvalue weighted by Gasteiger charge is 2.44. The van der Waals surface area contributed by atoms with E-state index in [4.69, 9.17) is 60.8 Å². The molecule has 0 aliphatic carbocycles. The molecule has 38 heteroatoms. The predicted molar refractivity (Wildman–Crippen MR) is 313 cm³/mol. The number of carbonyl (C=O) groups excluding carboxylic acids is 4. The lowest BCUT2D eigenvalue weighted by molar-refractivity contribution is -0.202. The van der Waals surface area contributed by atoms with E-state index in [1.54, 1.807) is 0 Å². The van der Waals surface area contributed by atoms with E-state index in [1.165, 1.54) is 97.1 Å². The van der Waals surface area contributed by atoms with E-state index in [-0.39, 0.29) is 124 Å². The Morgan fingerprint density at radius 1 is 0.478 bits per heavy atom. The summed E-state index contributed by atoms with van der Waals surface area (Å²) in [4.78, 5) is 92.4. The van der Waals surface area contributed by atoms with Crippen molar-refractivity contribution in [3.8, 4) is 11.5 Å². The average Bonchev–Trinajstić information content (AvgIpc) is 0.874. The Labute approximate surface area is 523 Å². The van der Waals surface area contributed by atoms with E-state index in [1.807, 2.05) is 0 Å². The maximum Gasteiger partial charge on any atom is 0.491 e. The molecule has 0 spiro atoms. The Kier molecular flexibility index (Phi) is 31.4. The zero-order valence-electron chi connectivity index (χ0n) is 48.7. The predicted octanol–water partition coefficient (Wildman–Crippen LogP) is 0.411. The third-order valence-corrected chi connectivity index (χ3v) is 14.9. The Balaban J connectivity index is 1.12. The van der Waals surface area contributed by atoms with Gasteiger partial charge in [0, 0.05) is 26.2 Å². The number of ether oxygens (including phenoxy) is 9. The van der Waals surface area contributed by atoms with Crippen LogP contribution in [0.4, 0.5) is 24.5 Å². The number of carboxylic acid groups (broad SMARTS) is 3. The Morgan fingerprint density at radius 3 is 1.09 bits per heavy atom. The summed E-state index contributed by atoms with van der Waals surface area (Å²) in [6.07, 6.45) is -8.22. The molecular formula is C54H67F3N10O23S2. The van der Waals surface area contributed by atoms with Gasteiger partial charge >= 0.3 is 48.0 Å². The number of aliphatic carboxylic acids is 3. The molecule has 0 saturated carbocycles. The van der Waals surface area contributed by atoms with Crippen LogP contribution >= 0.6 is 0 Å². The molecule has 0 saturated heterocycles. The van der Waals surface area contributed by atoms with Crippen molar-refractivity contribution in [1.29, 1.82) is 0 Å². The molecule has 0 aromatic heterocycles. The molecule has 33 nitrogen and oxygen atoms in total. The summed E-state index contributed by atoms with van der Waals surface area (Å²) in [5.74, 6) is -11.9. The molecule has 0 fully saturated rings. The van der Waals surface area contributed by atoms with Crippen LogP contribution in [-0.4, -0.2) is 205 Å². The molecule has 4 rings (SSSR count). The average molecular weight is 1350 g/mol. The standard InChI is InChI=1S/C54H67F3N10O23S2/c55-54(56,57)51(77)90-46(70)32-44(48(73)74)67(92(80,81)63-34-36-3-15-42(16-4-36)89-50(76)38-7-11-40(12-8-38)65-53(60)61)18-20-83-22-24-85-26-28-87-30-29-86-27-25-84-23-21-82-19-17-66(43(47(71)72)31-45(68)69)91(78,79)62-33-35-1-13-41(14-2-35)88-49(75)37-5-9-39(10-6-37)64-52(58)59/h1-16,43-44,62-63H,17-34H2,(H,68,69)(H,71,72)(H,73,74)(H4,58,59,64)(H4,60,61,65)/t43-,44-/m0/s1. The minimum absolute atomic E-state index is 0.00871. The molecule has 2 atom stereocenters. The van der Waals surface area contributed by atoms with Crippen molar-refractivity contribution in [1.82, 2.24) is 18.1 Å². The number of hydrogen-bond donors (Lipinski definition) is 9. The number of aliphatic imine (C=N–C) groups is 2. The molecule has 0 aliphatic heterocycles. The van der Waals surface area contributed by atoms with Crippen LogP contribution in [0.25, 0.3) is 0 Å². The number of benzene rings is 4. The van der Waals surface area contributed by atoms with Gasteiger partial charge in [0.15, 0.2) is 11.9 Å². The second kappa shape index (κ2) is 38.1. The molecule has 504 valence electrons. The van der Waals surface area contributed by atoms with Crippen LogP contribution in [0.2, 0.25) is 0 Å². The number of alkyl halides is 3. The highest BCUT2D eigenvalue weighted by molar-refractivity contribution is 7.87. The van der Waals surface area contributed by atoms with Crippen molar-refractivity contribution >= 4 is 85.5 Å². The van der Waals surface area contributed by atoms with E-state index in [9.17, 15) is 78.9 Å². The van der Waals surface area contributed by atoms with Crippen LogP contribution in [0, 0.1) is 0 Å². The minimum Gasteiger partial charge on any atom is -0.481 e.